The molecule has 2 heterocycles. The van der Waals surface area contributed by atoms with Crippen LogP contribution in [0.15, 0.2) is 36.4 Å². The summed E-state index contributed by atoms with van der Waals surface area (Å²) in [4.78, 5) is 11.8. The number of ether oxygens (including phenoxy) is 2. The van der Waals surface area contributed by atoms with E-state index in [4.69, 9.17) is 16.3 Å². The van der Waals surface area contributed by atoms with Gasteiger partial charge >= 0.3 is 5.97 Å². The van der Waals surface area contributed by atoms with Crippen LogP contribution in [0.3, 0.4) is 0 Å². The zero-order valence-corrected chi connectivity index (χ0v) is 18.5. The van der Waals surface area contributed by atoms with Gasteiger partial charge in [-0.2, -0.15) is 5.10 Å². The van der Waals surface area contributed by atoms with Crippen LogP contribution in [0.25, 0.3) is 16.9 Å². The standard InChI is InChI=1S/C24H20ClF3N2O3/c1-32-22(31)13-7-8-14(17(26)12-13)19-21-18(6-3-11-33-21)30(29-19)20-15(4-2-5-16(20)25)24(9-10-24)23(27)28/h2,4-5,7-8,12,23H,3,6,9-11H2,1H3. The lowest BCUT2D eigenvalue weighted by atomic mass is 9.94. The van der Waals surface area contributed by atoms with E-state index >= 15 is 4.39 Å². The molecule has 172 valence electrons. The molecule has 1 aliphatic heterocycles. The zero-order chi connectivity index (χ0) is 23.3. The van der Waals surface area contributed by atoms with Gasteiger partial charge in [-0.1, -0.05) is 23.7 Å². The highest BCUT2D eigenvalue weighted by Crippen LogP contribution is 2.55. The van der Waals surface area contributed by atoms with E-state index in [1.54, 1.807) is 18.2 Å². The monoisotopic (exact) mass is 476 g/mol. The molecule has 1 fully saturated rings. The average molecular weight is 477 g/mol. The van der Waals surface area contributed by atoms with Crippen molar-refractivity contribution in [3.8, 4) is 22.7 Å². The molecular formula is C24H20ClF3N2O3. The van der Waals surface area contributed by atoms with Crippen molar-refractivity contribution in [2.75, 3.05) is 13.7 Å². The minimum absolute atomic E-state index is 0.0639. The van der Waals surface area contributed by atoms with Gasteiger partial charge in [-0.25, -0.2) is 22.6 Å². The molecule has 0 N–H and O–H groups in total. The normalized spacial score (nSPS) is 16.3. The van der Waals surface area contributed by atoms with Crippen LogP contribution >= 0.6 is 11.6 Å². The molecule has 5 rings (SSSR count). The number of fused-ring (bicyclic) bond motifs is 1. The molecule has 0 atom stereocenters. The molecule has 1 aliphatic carbocycles. The minimum Gasteiger partial charge on any atom is -0.489 e. The first-order valence-electron chi connectivity index (χ1n) is 10.6. The lowest BCUT2D eigenvalue weighted by molar-refractivity contribution is 0.0600. The number of rotatable bonds is 5. The number of esters is 1. The van der Waals surface area contributed by atoms with E-state index in [0.717, 1.165) is 6.07 Å². The molecule has 0 radical (unpaired) electrons. The third kappa shape index (κ3) is 3.47. The van der Waals surface area contributed by atoms with Crippen molar-refractivity contribution >= 4 is 17.6 Å². The molecular weight excluding hydrogens is 457 g/mol. The first-order chi connectivity index (χ1) is 15.9. The maximum absolute atomic E-state index is 15.0. The van der Waals surface area contributed by atoms with E-state index in [-0.39, 0.29) is 21.8 Å². The highest BCUT2D eigenvalue weighted by atomic mass is 35.5. The second kappa shape index (κ2) is 8.09. The van der Waals surface area contributed by atoms with Gasteiger partial charge in [0.2, 0.25) is 6.43 Å². The van der Waals surface area contributed by atoms with Crippen LogP contribution in [0.2, 0.25) is 5.02 Å². The highest BCUT2D eigenvalue weighted by Gasteiger charge is 2.54. The number of methoxy groups -OCH3 is 1. The van der Waals surface area contributed by atoms with Crippen molar-refractivity contribution < 1.29 is 27.4 Å². The van der Waals surface area contributed by atoms with Crippen LogP contribution in [0.5, 0.6) is 5.75 Å². The third-order valence-corrected chi connectivity index (χ3v) is 6.63. The number of para-hydroxylation sites is 1. The summed E-state index contributed by atoms with van der Waals surface area (Å²) < 4.78 is 55.1. The largest absolute Gasteiger partial charge is 0.489 e. The second-order valence-corrected chi connectivity index (χ2v) is 8.67. The fraction of sp³-hybridized carbons (Fsp3) is 0.333. The summed E-state index contributed by atoms with van der Waals surface area (Å²) in [6.07, 6.45) is -0.568. The van der Waals surface area contributed by atoms with Crippen LogP contribution in [0, 0.1) is 5.82 Å². The molecule has 33 heavy (non-hydrogen) atoms. The molecule has 2 aliphatic rings. The summed E-state index contributed by atoms with van der Waals surface area (Å²) in [5.41, 5.74) is 0.600. The molecule has 0 unspecified atom stereocenters. The van der Waals surface area contributed by atoms with Gasteiger partial charge in [0, 0.05) is 5.56 Å². The Morgan fingerprint density at radius 3 is 2.73 bits per heavy atom. The number of benzene rings is 2. The predicted octanol–water partition coefficient (Wildman–Crippen LogP) is 5.74. The summed E-state index contributed by atoms with van der Waals surface area (Å²) >= 11 is 6.53. The van der Waals surface area contributed by atoms with Crippen molar-refractivity contribution in [1.29, 1.82) is 0 Å². The van der Waals surface area contributed by atoms with E-state index in [9.17, 15) is 13.6 Å². The van der Waals surface area contributed by atoms with Crippen molar-refractivity contribution in [2.45, 2.75) is 37.5 Å². The average Bonchev–Trinajstić information content (AvgIpc) is 3.55. The number of nitrogens with zero attached hydrogens (tertiary/aromatic N) is 2. The number of halogens is 4. The van der Waals surface area contributed by atoms with Crippen LogP contribution in [0.1, 0.15) is 40.9 Å². The summed E-state index contributed by atoms with van der Waals surface area (Å²) in [7, 11) is 1.22. The van der Waals surface area contributed by atoms with Crippen LogP contribution in [-0.4, -0.2) is 35.9 Å². The zero-order valence-electron chi connectivity index (χ0n) is 17.7. The van der Waals surface area contributed by atoms with Gasteiger partial charge in [0.1, 0.15) is 11.5 Å². The molecule has 0 spiro atoms. The Kier molecular flexibility index (Phi) is 5.35. The van der Waals surface area contributed by atoms with Crippen molar-refractivity contribution in [3.05, 3.63) is 64.1 Å². The molecule has 1 aromatic heterocycles. The van der Waals surface area contributed by atoms with E-state index in [1.165, 1.54) is 23.9 Å². The molecule has 9 heteroatoms. The van der Waals surface area contributed by atoms with Crippen LogP contribution in [-0.2, 0) is 16.6 Å². The Morgan fingerprint density at radius 1 is 1.27 bits per heavy atom. The molecule has 0 amide bonds. The van der Waals surface area contributed by atoms with Gasteiger partial charge in [0.15, 0.2) is 5.75 Å². The van der Waals surface area contributed by atoms with Gasteiger partial charge in [0.05, 0.1) is 41.1 Å². The van der Waals surface area contributed by atoms with Crippen LogP contribution in [0.4, 0.5) is 13.2 Å². The number of alkyl halides is 2. The molecule has 1 saturated carbocycles. The summed E-state index contributed by atoms with van der Waals surface area (Å²) in [6.45, 7) is 0.421. The number of hydrogen-bond acceptors (Lipinski definition) is 4. The first kappa shape index (κ1) is 21.8. The fourth-order valence-electron chi connectivity index (χ4n) is 4.41. The Balaban J connectivity index is 1.70. The summed E-state index contributed by atoms with van der Waals surface area (Å²) in [6, 6.07) is 8.89. The summed E-state index contributed by atoms with van der Waals surface area (Å²) in [5.74, 6) is -0.949. The third-order valence-electron chi connectivity index (χ3n) is 6.32. The Bertz CT molecular complexity index is 1250. The van der Waals surface area contributed by atoms with Gasteiger partial charge in [-0.15, -0.1) is 0 Å². The Morgan fingerprint density at radius 2 is 2.06 bits per heavy atom. The number of aromatic nitrogens is 2. The molecule has 0 saturated heterocycles. The van der Waals surface area contributed by atoms with Crippen LogP contribution < -0.4 is 4.74 Å². The Hall–Kier alpha value is -3.00. The number of carbonyl (C=O) groups is 1. The van der Waals surface area contributed by atoms with Crippen molar-refractivity contribution in [3.63, 3.8) is 0 Å². The minimum atomic E-state index is -2.54. The highest BCUT2D eigenvalue weighted by molar-refractivity contribution is 6.32. The number of hydrogen-bond donors (Lipinski definition) is 0. The molecule has 5 nitrogen and oxygen atoms in total. The SMILES string of the molecule is COC(=O)c1ccc(-c2nn(-c3c(Cl)cccc3C3(C(F)F)CC3)c3c2OCCC3)c(F)c1. The second-order valence-electron chi connectivity index (χ2n) is 8.27. The first-order valence-corrected chi connectivity index (χ1v) is 11.0. The topological polar surface area (TPSA) is 53.3 Å². The lowest BCUT2D eigenvalue weighted by Crippen LogP contribution is -2.21. The maximum atomic E-state index is 15.0. The molecule has 3 aromatic rings. The van der Waals surface area contributed by atoms with Gasteiger partial charge < -0.3 is 9.47 Å². The quantitative estimate of drug-likeness (QED) is 0.441. The van der Waals surface area contributed by atoms with E-state index in [1.807, 2.05) is 0 Å². The lowest BCUT2D eigenvalue weighted by Gasteiger charge is -2.22. The van der Waals surface area contributed by atoms with E-state index in [2.05, 4.69) is 9.84 Å². The van der Waals surface area contributed by atoms with E-state index in [0.29, 0.717) is 55.0 Å². The maximum Gasteiger partial charge on any atom is 0.337 e. The molecule has 2 aromatic carbocycles. The fourth-order valence-corrected chi connectivity index (χ4v) is 4.66. The summed E-state index contributed by atoms with van der Waals surface area (Å²) in [5, 5.41) is 4.90. The Labute approximate surface area is 193 Å². The predicted molar refractivity (Wildman–Crippen MR) is 116 cm³/mol. The van der Waals surface area contributed by atoms with Gasteiger partial charge in [-0.3, -0.25) is 0 Å². The van der Waals surface area contributed by atoms with Crippen molar-refractivity contribution in [2.24, 2.45) is 0 Å². The van der Waals surface area contributed by atoms with E-state index < -0.39 is 23.6 Å². The smallest absolute Gasteiger partial charge is 0.337 e. The number of carbonyl (C=O) groups excluding carboxylic acids is 1. The molecule has 0 bridgehead atoms. The van der Waals surface area contributed by atoms with Gasteiger partial charge in [0.25, 0.3) is 0 Å². The van der Waals surface area contributed by atoms with Gasteiger partial charge in [-0.05, 0) is 55.5 Å². The van der Waals surface area contributed by atoms with Crippen molar-refractivity contribution in [1.82, 2.24) is 9.78 Å².